The summed E-state index contributed by atoms with van der Waals surface area (Å²) in [5, 5.41) is 15.5. The normalized spacial score (nSPS) is 11.3. The predicted octanol–water partition coefficient (Wildman–Crippen LogP) is 2.72. The van der Waals surface area contributed by atoms with Gasteiger partial charge in [0, 0.05) is 18.3 Å². The number of rotatable bonds is 6. The highest BCUT2D eigenvalue weighted by molar-refractivity contribution is 5.59. The molecule has 0 radical (unpaired) electrons. The quantitative estimate of drug-likeness (QED) is 0.509. The Hall–Kier alpha value is -3.40. The molecule has 0 saturated heterocycles. The first kappa shape index (κ1) is 19.4. The number of hydrogen-bond acceptors (Lipinski definition) is 8. The summed E-state index contributed by atoms with van der Waals surface area (Å²) in [6.07, 6.45) is 0. The van der Waals surface area contributed by atoms with Crippen LogP contribution in [0.4, 0.5) is 32.2 Å². The van der Waals surface area contributed by atoms with Crippen molar-refractivity contribution >= 4 is 23.4 Å². The minimum atomic E-state index is -1.01. The van der Waals surface area contributed by atoms with Crippen LogP contribution in [0.2, 0.25) is 0 Å². The average molecular weight is 387 g/mol. The fourth-order valence-corrected chi connectivity index (χ4v) is 2.25. The predicted molar refractivity (Wildman–Crippen MR) is 102 cm³/mol. The molecule has 1 aromatic carbocycles. The average Bonchev–Trinajstić information content (AvgIpc) is 2.58. The molecular formula is C18H19F2N7O. The number of hydrogen-bond donors (Lipinski definition) is 4. The third-order valence-corrected chi connectivity index (χ3v) is 3.43. The number of nitrogen functional groups attached to an aromatic ring is 1. The van der Waals surface area contributed by atoms with Crippen molar-refractivity contribution in [2.24, 2.45) is 0 Å². The SMILES string of the molecule is CC(C)(O)CNc1nc(Nc2cc(F)cc(F)c2)nc(-c2cccc(N)n2)n1. The van der Waals surface area contributed by atoms with E-state index in [0.717, 1.165) is 18.2 Å². The van der Waals surface area contributed by atoms with E-state index < -0.39 is 17.2 Å². The first-order valence-corrected chi connectivity index (χ1v) is 8.36. The molecule has 0 aliphatic rings. The number of pyridine rings is 1. The lowest BCUT2D eigenvalue weighted by Gasteiger charge is -2.18. The maximum atomic E-state index is 13.5. The Morgan fingerprint density at radius 2 is 1.68 bits per heavy atom. The number of nitrogens with one attached hydrogen (secondary N) is 2. The van der Waals surface area contributed by atoms with Crippen LogP contribution in [0.5, 0.6) is 0 Å². The molecule has 2 aromatic heterocycles. The summed E-state index contributed by atoms with van der Waals surface area (Å²) in [6, 6.07) is 7.95. The van der Waals surface area contributed by atoms with Crippen LogP contribution >= 0.6 is 0 Å². The van der Waals surface area contributed by atoms with Crippen molar-refractivity contribution in [3.63, 3.8) is 0 Å². The van der Waals surface area contributed by atoms with Crippen molar-refractivity contribution in [3.8, 4) is 11.5 Å². The maximum absolute atomic E-state index is 13.5. The van der Waals surface area contributed by atoms with E-state index in [-0.39, 0.29) is 35.8 Å². The second-order valence-electron chi connectivity index (χ2n) is 6.70. The van der Waals surface area contributed by atoms with Gasteiger partial charge in [0.05, 0.1) is 5.60 Å². The van der Waals surface area contributed by atoms with Crippen LogP contribution < -0.4 is 16.4 Å². The first-order chi connectivity index (χ1) is 13.2. The van der Waals surface area contributed by atoms with Gasteiger partial charge in [-0.3, -0.25) is 0 Å². The topological polar surface area (TPSA) is 122 Å². The van der Waals surface area contributed by atoms with Gasteiger partial charge >= 0.3 is 0 Å². The highest BCUT2D eigenvalue weighted by atomic mass is 19.1. The molecule has 0 amide bonds. The molecule has 0 fully saturated rings. The van der Waals surface area contributed by atoms with E-state index in [4.69, 9.17) is 5.73 Å². The van der Waals surface area contributed by atoms with Gasteiger partial charge < -0.3 is 21.5 Å². The zero-order valence-corrected chi connectivity index (χ0v) is 15.2. The molecule has 8 nitrogen and oxygen atoms in total. The van der Waals surface area contributed by atoms with Gasteiger partial charge in [-0.1, -0.05) is 6.07 Å². The van der Waals surface area contributed by atoms with Crippen LogP contribution in [-0.4, -0.2) is 37.2 Å². The Kier molecular flexibility index (Phi) is 5.32. The van der Waals surface area contributed by atoms with Crippen molar-refractivity contribution < 1.29 is 13.9 Å². The van der Waals surface area contributed by atoms with Crippen molar-refractivity contribution in [2.75, 3.05) is 22.9 Å². The zero-order valence-electron chi connectivity index (χ0n) is 15.2. The molecule has 3 aromatic rings. The number of nitrogens with two attached hydrogens (primary N) is 1. The van der Waals surface area contributed by atoms with E-state index in [0.29, 0.717) is 5.69 Å². The number of anilines is 4. The monoisotopic (exact) mass is 387 g/mol. The molecular weight excluding hydrogens is 368 g/mol. The standard InChI is InChI=1S/C18H19F2N7O/c1-18(2,28)9-22-16-25-15(13-4-3-5-14(21)24-13)26-17(27-16)23-12-7-10(19)6-11(20)8-12/h3-8,28H,9H2,1-2H3,(H2,21,24)(H2,22,23,25,26,27). The highest BCUT2D eigenvalue weighted by Crippen LogP contribution is 2.21. The van der Waals surface area contributed by atoms with Gasteiger partial charge in [0.25, 0.3) is 0 Å². The molecule has 3 rings (SSSR count). The summed E-state index contributed by atoms with van der Waals surface area (Å²) >= 11 is 0. The lowest BCUT2D eigenvalue weighted by Crippen LogP contribution is -2.30. The lowest BCUT2D eigenvalue weighted by molar-refractivity contribution is 0.0943. The van der Waals surface area contributed by atoms with Crippen LogP contribution in [0, 0.1) is 11.6 Å². The fourth-order valence-electron chi connectivity index (χ4n) is 2.25. The lowest BCUT2D eigenvalue weighted by atomic mass is 10.1. The number of aliphatic hydroxyl groups is 1. The Bertz CT molecular complexity index is 972. The van der Waals surface area contributed by atoms with E-state index in [1.807, 2.05) is 0 Å². The molecule has 0 saturated carbocycles. The molecule has 0 atom stereocenters. The zero-order chi connectivity index (χ0) is 20.3. The second kappa shape index (κ2) is 7.69. The van der Waals surface area contributed by atoms with Crippen LogP contribution in [0.15, 0.2) is 36.4 Å². The van der Waals surface area contributed by atoms with Crippen LogP contribution in [0.25, 0.3) is 11.5 Å². The van der Waals surface area contributed by atoms with Gasteiger partial charge in [-0.05, 0) is 38.1 Å². The summed E-state index contributed by atoms with van der Waals surface area (Å²) < 4.78 is 26.9. The van der Waals surface area contributed by atoms with Crippen LogP contribution in [0.3, 0.4) is 0 Å². The van der Waals surface area contributed by atoms with Gasteiger partial charge in [-0.15, -0.1) is 0 Å². The Morgan fingerprint density at radius 3 is 2.32 bits per heavy atom. The van der Waals surface area contributed by atoms with E-state index in [1.54, 1.807) is 32.0 Å². The highest BCUT2D eigenvalue weighted by Gasteiger charge is 2.15. The Morgan fingerprint density at radius 1 is 1.00 bits per heavy atom. The van der Waals surface area contributed by atoms with Crippen molar-refractivity contribution in [2.45, 2.75) is 19.4 Å². The van der Waals surface area contributed by atoms with E-state index in [9.17, 15) is 13.9 Å². The van der Waals surface area contributed by atoms with Crippen LogP contribution in [0.1, 0.15) is 13.8 Å². The van der Waals surface area contributed by atoms with Gasteiger partial charge in [0.2, 0.25) is 11.9 Å². The molecule has 0 spiro atoms. The molecule has 10 heteroatoms. The largest absolute Gasteiger partial charge is 0.389 e. The number of nitrogens with zero attached hydrogens (tertiary/aromatic N) is 4. The summed E-state index contributed by atoms with van der Waals surface area (Å²) in [7, 11) is 0. The summed E-state index contributed by atoms with van der Waals surface area (Å²) in [6.45, 7) is 3.40. The first-order valence-electron chi connectivity index (χ1n) is 8.36. The number of benzene rings is 1. The van der Waals surface area contributed by atoms with Gasteiger partial charge in [-0.25, -0.2) is 13.8 Å². The molecule has 0 aliphatic carbocycles. The summed E-state index contributed by atoms with van der Waals surface area (Å²) in [5.74, 6) is -0.817. The number of halogens is 2. The molecule has 5 N–H and O–H groups in total. The Balaban J connectivity index is 1.98. The molecule has 146 valence electrons. The van der Waals surface area contributed by atoms with Crippen molar-refractivity contribution in [1.29, 1.82) is 0 Å². The van der Waals surface area contributed by atoms with E-state index in [1.165, 1.54) is 0 Å². The van der Waals surface area contributed by atoms with Gasteiger partial charge in [-0.2, -0.15) is 15.0 Å². The maximum Gasteiger partial charge on any atom is 0.232 e. The molecule has 28 heavy (non-hydrogen) atoms. The third kappa shape index (κ3) is 5.30. The van der Waals surface area contributed by atoms with Gasteiger partial charge in [0.1, 0.15) is 23.1 Å². The minimum absolute atomic E-state index is 0.0393. The third-order valence-electron chi connectivity index (χ3n) is 3.43. The molecule has 0 unspecified atom stereocenters. The smallest absolute Gasteiger partial charge is 0.232 e. The summed E-state index contributed by atoms with van der Waals surface area (Å²) in [4.78, 5) is 16.9. The van der Waals surface area contributed by atoms with Crippen molar-refractivity contribution in [3.05, 3.63) is 48.0 Å². The van der Waals surface area contributed by atoms with E-state index >= 15 is 0 Å². The summed E-state index contributed by atoms with van der Waals surface area (Å²) in [5.41, 5.74) is 5.22. The Labute approximate surface area is 159 Å². The number of aromatic nitrogens is 4. The fraction of sp³-hybridized carbons (Fsp3) is 0.222. The second-order valence-corrected chi connectivity index (χ2v) is 6.70. The minimum Gasteiger partial charge on any atom is -0.389 e. The molecule has 2 heterocycles. The van der Waals surface area contributed by atoms with E-state index in [2.05, 4.69) is 30.6 Å². The van der Waals surface area contributed by atoms with Gasteiger partial charge in [0.15, 0.2) is 5.82 Å². The molecule has 0 bridgehead atoms. The molecule has 0 aliphatic heterocycles. The van der Waals surface area contributed by atoms with Crippen LogP contribution in [-0.2, 0) is 0 Å². The van der Waals surface area contributed by atoms with Crippen molar-refractivity contribution in [1.82, 2.24) is 19.9 Å².